The zero-order valence-electron chi connectivity index (χ0n) is 11.6. The van der Waals surface area contributed by atoms with E-state index in [4.69, 9.17) is 8.94 Å². The number of hydrogen-bond donors (Lipinski definition) is 0. The first-order valence-corrected chi connectivity index (χ1v) is 7.32. The molecule has 0 radical (unpaired) electrons. The highest BCUT2D eigenvalue weighted by atomic mass is 32.2. The Morgan fingerprint density at radius 2 is 1.95 bits per heavy atom. The molecule has 1 aromatic carbocycles. The summed E-state index contributed by atoms with van der Waals surface area (Å²) < 4.78 is 10.9. The molecule has 0 amide bonds. The zero-order chi connectivity index (χ0) is 14.2. The monoisotopic (exact) mass is 289 g/mol. The molecule has 0 bridgehead atoms. The minimum atomic E-state index is -0.131. The van der Waals surface area contributed by atoms with Crippen LogP contribution < -0.4 is 0 Å². The van der Waals surface area contributed by atoms with Crippen molar-refractivity contribution < 1.29 is 8.94 Å². The van der Waals surface area contributed by atoms with Crippen LogP contribution >= 0.6 is 11.8 Å². The Labute approximate surface area is 120 Å². The second-order valence-corrected chi connectivity index (χ2v) is 6.43. The lowest BCUT2D eigenvalue weighted by molar-refractivity contribution is 0.319. The summed E-state index contributed by atoms with van der Waals surface area (Å²) in [5.74, 6) is 1.87. The van der Waals surface area contributed by atoms with E-state index in [1.54, 1.807) is 0 Å². The summed E-state index contributed by atoms with van der Waals surface area (Å²) in [5, 5.41) is 4.59. The van der Waals surface area contributed by atoms with Gasteiger partial charge in [-0.05, 0) is 12.1 Å². The van der Waals surface area contributed by atoms with Crippen LogP contribution in [0.2, 0.25) is 0 Å². The highest BCUT2D eigenvalue weighted by Gasteiger charge is 2.21. The summed E-state index contributed by atoms with van der Waals surface area (Å²) in [4.78, 5) is 8.78. The van der Waals surface area contributed by atoms with Crippen LogP contribution in [0.3, 0.4) is 0 Å². The number of rotatable bonds is 3. The molecule has 0 N–H and O–H groups in total. The summed E-state index contributed by atoms with van der Waals surface area (Å²) in [6.45, 7) is 6.12. The van der Waals surface area contributed by atoms with Crippen molar-refractivity contribution in [2.24, 2.45) is 0 Å². The summed E-state index contributed by atoms with van der Waals surface area (Å²) in [7, 11) is 0. The fourth-order valence-electron chi connectivity index (χ4n) is 1.66. The van der Waals surface area contributed by atoms with Gasteiger partial charge in [0, 0.05) is 5.41 Å². The molecule has 3 rings (SSSR count). The molecule has 6 heteroatoms. The predicted molar refractivity (Wildman–Crippen MR) is 76.6 cm³/mol. The van der Waals surface area contributed by atoms with E-state index >= 15 is 0 Å². The topological polar surface area (TPSA) is 65.0 Å². The number of thioether (sulfide) groups is 1. The largest absolute Gasteiger partial charge is 0.431 e. The third kappa shape index (κ3) is 2.70. The van der Waals surface area contributed by atoms with E-state index in [2.05, 4.69) is 15.1 Å². The minimum Gasteiger partial charge on any atom is -0.431 e. The quantitative estimate of drug-likeness (QED) is 0.683. The van der Waals surface area contributed by atoms with Gasteiger partial charge in [-0.25, -0.2) is 4.98 Å². The summed E-state index contributed by atoms with van der Waals surface area (Å²) in [6.07, 6.45) is 0. The summed E-state index contributed by atoms with van der Waals surface area (Å²) in [6, 6.07) is 7.69. The van der Waals surface area contributed by atoms with Gasteiger partial charge < -0.3 is 8.94 Å². The van der Waals surface area contributed by atoms with Gasteiger partial charge in [0.25, 0.3) is 5.22 Å². The normalized spacial score (nSPS) is 12.2. The fourth-order valence-corrected chi connectivity index (χ4v) is 2.34. The molecule has 0 aliphatic carbocycles. The molecular weight excluding hydrogens is 274 g/mol. The Bertz CT molecular complexity index is 694. The van der Waals surface area contributed by atoms with Crippen molar-refractivity contribution in [2.75, 3.05) is 0 Å². The van der Waals surface area contributed by atoms with E-state index in [-0.39, 0.29) is 5.41 Å². The van der Waals surface area contributed by atoms with Crippen LogP contribution in [-0.2, 0) is 11.2 Å². The molecule has 0 atom stereocenters. The SMILES string of the molecule is CC(C)(C)c1nc(CSc2nc3ccccc3o2)no1. The van der Waals surface area contributed by atoms with Crippen LogP contribution in [0.15, 0.2) is 38.4 Å². The number of nitrogens with zero attached hydrogens (tertiary/aromatic N) is 3. The maximum absolute atomic E-state index is 5.63. The first-order valence-electron chi connectivity index (χ1n) is 6.34. The van der Waals surface area contributed by atoms with Gasteiger partial charge >= 0.3 is 0 Å². The fraction of sp³-hybridized carbons (Fsp3) is 0.357. The number of fused-ring (bicyclic) bond motifs is 1. The van der Waals surface area contributed by atoms with Gasteiger partial charge in [0.1, 0.15) is 5.52 Å². The molecular formula is C14H15N3O2S. The molecule has 2 aromatic heterocycles. The maximum atomic E-state index is 5.63. The average molecular weight is 289 g/mol. The zero-order valence-corrected chi connectivity index (χ0v) is 12.4. The molecule has 5 nitrogen and oxygen atoms in total. The van der Waals surface area contributed by atoms with Crippen molar-refractivity contribution in [1.82, 2.24) is 15.1 Å². The van der Waals surface area contributed by atoms with Crippen molar-refractivity contribution in [3.8, 4) is 0 Å². The number of oxazole rings is 1. The Kier molecular flexibility index (Phi) is 3.25. The second kappa shape index (κ2) is 4.94. The lowest BCUT2D eigenvalue weighted by atomic mass is 9.97. The van der Waals surface area contributed by atoms with Crippen molar-refractivity contribution in [1.29, 1.82) is 0 Å². The summed E-state index contributed by atoms with van der Waals surface area (Å²) >= 11 is 1.46. The first kappa shape index (κ1) is 13.2. The Hall–Kier alpha value is -1.82. The van der Waals surface area contributed by atoms with Crippen LogP contribution in [0.5, 0.6) is 0 Å². The number of hydrogen-bond acceptors (Lipinski definition) is 6. The lowest BCUT2D eigenvalue weighted by Gasteiger charge is -2.10. The number of aromatic nitrogens is 3. The third-order valence-electron chi connectivity index (χ3n) is 2.71. The highest BCUT2D eigenvalue weighted by Crippen LogP contribution is 2.26. The van der Waals surface area contributed by atoms with E-state index in [9.17, 15) is 0 Å². The van der Waals surface area contributed by atoms with E-state index in [0.29, 0.717) is 22.7 Å². The molecule has 0 aliphatic heterocycles. The van der Waals surface area contributed by atoms with Crippen molar-refractivity contribution in [3.05, 3.63) is 36.0 Å². The van der Waals surface area contributed by atoms with Gasteiger partial charge in [-0.2, -0.15) is 4.98 Å². The van der Waals surface area contributed by atoms with Gasteiger partial charge in [0.05, 0.1) is 5.75 Å². The van der Waals surface area contributed by atoms with Gasteiger partial charge in [-0.1, -0.05) is 49.8 Å². The Morgan fingerprint density at radius 1 is 1.15 bits per heavy atom. The second-order valence-electron chi connectivity index (χ2n) is 5.50. The molecule has 0 saturated carbocycles. The Balaban J connectivity index is 1.71. The first-order chi connectivity index (χ1) is 9.52. The number of para-hydroxylation sites is 2. The molecule has 2 heterocycles. The lowest BCUT2D eigenvalue weighted by Crippen LogP contribution is -2.11. The van der Waals surface area contributed by atoms with E-state index in [0.717, 1.165) is 11.1 Å². The molecule has 3 aromatic rings. The minimum absolute atomic E-state index is 0.131. The van der Waals surface area contributed by atoms with Crippen molar-refractivity contribution >= 4 is 22.9 Å². The van der Waals surface area contributed by atoms with Crippen molar-refractivity contribution in [2.45, 2.75) is 37.2 Å². The van der Waals surface area contributed by atoms with Gasteiger partial charge in [-0.15, -0.1) is 0 Å². The van der Waals surface area contributed by atoms with Crippen LogP contribution in [0.4, 0.5) is 0 Å². The standard InChI is InChI=1S/C14H15N3O2S/c1-14(2,3)12-16-11(17-19-12)8-20-13-15-9-6-4-5-7-10(9)18-13/h4-7H,8H2,1-3H3. The molecule has 20 heavy (non-hydrogen) atoms. The third-order valence-corrected chi connectivity index (χ3v) is 3.53. The van der Waals surface area contributed by atoms with E-state index in [1.165, 1.54) is 11.8 Å². The van der Waals surface area contributed by atoms with Gasteiger partial charge in [0.2, 0.25) is 5.89 Å². The van der Waals surface area contributed by atoms with Gasteiger partial charge in [0.15, 0.2) is 11.4 Å². The number of benzene rings is 1. The summed E-state index contributed by atoms with van der Waals surface area (Å²) in [5.41, 5.74) is 1.52. The Morgan fingerprint density at radius 3 is 2.65 bits per heavy atom. The maximum Gasteiger partial charge on any atom is 0.257 e. The van der Waals surface area contributed by atoms with Crippen LogP contribution in [-0.4, -0.2) is 15.1 Å². The van der Waals surface area contributed by atoms with Crippen LogP contribution in [0.25, 0.3) is 11.1 Å². The van der Waals surface area contributed by atoms with E-state index in [1.807, 2.05) is 45.0 Å². The molecule has 0 spiro atoms. The molecule has 0 aliphatic rings. The van der Waals surface area contributed by atoms with Crippen LogP contribution in [0.1, 0.15) is 32.5 Å². The highest BCUT2D eigenvalue weighted by molar-refractivity contribution is 7.98. The smallest absolute Gasteiger partial charge is 0.257 e. The molecule has 0 saturated heterocycles. The molecule has 104 valence electrons. The average Bonchev–Trinajstić information content (AvgIpc) is 3.02. The molecule has 0 unspecified atom stereocenters. The molecule has 0 fully saturated rings. The van der Waals surface area contributed by atoms with Crippen molar-refractivity contribution in [3.63, 3.8) is 0 Å². The van der Waals surface area contributed by atoms with Gasteiger partial charge in [-0.3, -0.25) is 0 Å². The predicted octanol–water partition coefficient (Wildman–Crippen LogP) is 3.80. The van der Waals surface area contributed by atoms with E-state index < -0.39 is 0 Å². The van der Waals surface area contributed by atoms with Crippen LogP contribution in [0, 0.1) is 0 Å².